The molecule has 0 fully saturated rings. The zero-order valence-electron chi connectivity index (χ0n) is 16.9. The molecule has 3 aromatic rings. The molecule has 0 saturated carbocycles. The fraction of sp³-hybridized carbons (Fsp3) is 0.364. The minimum Gasteiger partial charge on any atom is -0.492 e. The van der Waals surface area contributed by atoms with Gasteiger partial charge in [0.1, 0.15) is 23.1 Å². The normalized spacial score (nSPS) is 12.3. The average molecular weight is 415 g/mol. The maximum Gasteiger partial charge on any atom is 0.316 e. The highest BCUT2D eigenvalue weighted by Gasteiger charge is 2.20. The molecule has 29 heavy (non-hydrogen) atoms. The Kier molecular flexibility index (Phi) is 7.04. The van der Waals surface area contributed by atoms with E-state index in [9.17, 15) is 9.90 Å². The largest absolute Gasteiger partial charge is 0.492 e. The monoisotopic (exact) mass is 414 g/mol. The molecule has 6 nitrogen and oxygen atoms in total. The second-order valence-electron chi connectivity index (χ2n) is 7.09. The molecule has 0 amide bonds. The molecule has 0 aliphatic heterocycles. The van der Waals surface area contributed by atoms with Gasteiger partial charge in [-0.25, -0.2) is 0 Å². The zero-order valence-corrected chi connectivity index (χ0v) is 17.7. The number of carbonyl (C=O) groups is 1. The second-order valence-corrected chi connectivity index (χ2v) is 8.88. The number of thioether (sulfide) groups is 1. The van der Waals surface area contributed by atoms with Gasteiger partial charge < -0.3 is 19.2 Å². The number of carboxylic acid groups (broad SMARTS) is 1. The first-order valence-electron chi connectivity index (χ1n) is 9.59. The Morgan fingerprint density at radius 1 is 1.21 bits per heavy atom. The number of carboxylic acids is 1. The van der Waals surface area contributed by atoms with E-state index < -0.39 is 11.2 Å². The van der Waals surface area contributed by atoms with Crippen molar-refractivity contribution in [3.05, 3.63) is 54.1 Å². The van der Waals surface area contributed by atoms with Crippen LogP contribution in [0, 0.1) is 0 Å². The van der Waals surface area contributed by atoms with E-state index in [1.807, 2.05) is 74.3 Å². The van der Waals surface area contributed by atoms with Crippen molar-refractivity contribution < 1.29 is 19.1 Å². The lowest BCUT2D eigenvalue weighted by Gasteiger charge is -2.16. The maximum absolute atomic E-state index is 11.4. The summed E-state index contributed by atoms with van der Waals surface area (Å²) < 4.78 is 11.6. The van der Waals surface area contributed by atoms with Gasteiger partial charge in [-0.1, -0.05) is 38.1 Å². The molecule has 0 aliphatic rings. The predicted molar refractivity (Wildman–Crippen MR) is 117 cm³/mol. The molecule has 0 aliphatic carbocycles. The molecule has 1 atom stereocenters. The highest BCUT2D eigenvalue weighted by atomic mass is 32.2. The standard InChI is InChI=1S/C22H26N2O4S/c1-15(2)29-20(21(25)26)14-16-8-10-17(11-9-16)27-13-12-24(3)22-23-18-6-4-5-7-19(18)28-22/h4-11,15,20H,12-14H2,1-3H3,(H,25,26). The highest BCUT2D eigenvalue weighted by molar-refractivity contribution is 8.01. The van der Waals surface area contributed by atoms with Crippen LogP contribution in [0.3, 0.4) is 0 Å². The summed E-state index contributed by atoms with van der Waals surface area (Å²) in [6, 6.07) is 15.8. The van der Waals surface area contributed by atoms with Crippen LogP contribution >= 0.6 is 11.8 Å². The Bertz CT molecular complexity index is 906. The van der Waals surface area contributed by atoms with E-state index in [1.54, 1.807) is 0 Å². The SMILES string of the molecule is CC(C)SC(Cc1ccc(OCCN(C)c2nc3ccccc3o2)cc1)C(=O)O. The number of nitrogens with zero attached hydrogens (tertiary/aromatic N) is 2. The lowest BCUT2D eigenvalue weighted by molar-refractivity contribution is -0.136. The molecule has 3 rings (SSSR count). The fourth-order valence-electron chi connectivity index (χ4n) is 2.88. The zero-order chi connectivity index (χ0) is 20.8. The number of ether oxygens (including phenoxy) is 1. The molecule has 7 heteroatoms. The van der Waals surface area contributed by atoms with Crippen LogP contribution in [0.15, 0.2) is 52.9 Å². The van der Waals surface area contributed by atoms with Crippen molar-refractivity contribution in [2.75, 3.05) is 25.1 Å². The van der Waals surface area contributed by atoms with Crippen molar-refractivity contribution in [1.82, 2.24) is 4.98 Å². The van der Waals surface area contributed by atoms with Gasteiger partial charge in [0.2, 0.25) is 0 Å². The minimum absolute atomic E-state index is 0.275. The fourth-order valence-corrected chi connectivity index (χ4v) is 3.94. The molecule has 0 radical (unpaired) electrons. The van der Waals surface area contributed by atoms with Crippen LogP contribution < -0.4 is 9.64 Å². The molecule has 154 valence electrons. The average Bonchev–Trinajstić information content (AvgIpc) is 3.12. The summed E-state index contributed by atoms with van der Waals surface area (Å²) in [5.41, 5.74) is 2.59. The van der Waals surface area contributed by atoms with Crippen molar-refractivity contribution in [3.63, 3.8) is 0 Å². The second kappa shape index (κ2) is 9.69. The van der Waals surface area contributed by atoms with Crippen LogP contribution in [0.4, 0.5) is 6.01 Å². The first kappa shape index (κ1) is 21.0. The Balaban J connectivity index is 1.50. The summed E-state index contributed by atoms with van der Waals surface area (Å²) in [5.74, 6) is -0.0191. The molecule has 0 spiro atoms. The smallest absolute Gasteiger partial charge is 0.316 e. The molecule has 0 saturated heterocycles. The highest BCUT2D eigenvalue weighted by Crippen LogP contribution is 2.23. The number of rotatable bonds is 10. The number of aliphatic carboxylic acids is 1. The number of para-hydroxylation sites is 2. The topological polar surface area (TPSA) is 75.8 Å². The summed E-state index contributed by atoms with van der Waals surface area (Å²) in [4.78, 5) is 17.8. The molecule has 1 aromatic heterocycles. The molecule has 1 unspecified atom stereocenters. The van der Waals surface area contributed by atoms with E-state index in [0.717, 1.165) is 22.4 Å². The van der Waals surface area contributed by atoms with E-state index >= 15 is 0 Å². The Morgan fingerprint density at radius 2 is 1.93 bits per heavy atom. The maximum atomic E-state index is 11.4. The minimum atomic E-state index is -0.772. The number of hydrogen-bond donors (Lipinski definition) is 1. The van der Waals surface area contributed by atoms with E-state index in [0.29, 0.717) is 25.6 Å². The lowest BCUT2D eigenvalue weighted by Crippen LogP contribution is -2.24. The summed E-state index contributed by atoms with van der Waals surface area (Å²) in [5, 5.41) is 9.22. The number of aromatic nitrogens is 1. The molecule has 1 heterocycles. The van der Waals surface area contributed by atoms with E-state index in [2.05, 4.69) is 4.98 Å². The Hall–Kier alpha value is -2.67. The predicted octanol–water partition coefficient (Wildman–Crippen LogP) is 4.48. The number of hydrogen-bond acceptors (Lipinski definition) is 6. The van der Waals surface area contributed by atoms with Crippen LogP contribution in [-0.4, -0.2) is 46.8 Å². The van der Waals surface area contributed by atoms with Gasteiger partial charge in [-0.15, -0.1) is 11.8 Å². The van der Waals surface area contributed by atoms with Gasteiger partial charge >= 0.3 is 5.97 Å². The van der Waals surface area contributed by atoms with Gasteiger partial charge in [-0.3, -0.25) is 4.79 Å². The quantitative estimate of drug-likeness (QED) is 0.524. The van der Waals surface area contributed by atoms with Crippen molar-refractivity contribution in [2.24, 2.45) is 0 Å². The number of likely N-dealkylation sites (N-methyl/N-ethyl adjacent to an activating group) is 1. The van der Waals surface area contributed by atoms with Crippen LogP contribution in [-0.2, 0) is 11.2 Å². The van der Waals surface area contributed by atoms with Crippen LogP contribution in [0.2, 0.25) is 0 Å². The molecule has 2 aromatic carbocycles. The Labute approximate surface area is 174 Å². The number of anilines is 1. The summed E-state index contributed by atoms with van der Waals surface area (Å²) in [6.07, 6.45) is 0.499. The third-order valence-corrected chi connectivity index (χ3v) is 5.60. The number of fused-ring (bicyclic) bond motifs is 1. The third kappa shape index (κ3) is 5.90. The first-order chi connectivity index (χ1) is 13.9. The van der Waals surface area contributed by atoms with Crippen molar-refractivity contribution in [1.29, 1.82) is 0 Å². The summed E-state index contributed by atoms with van der Waals surface area (Å²) in [7, 11) is 1.91. The van der Waals surface area contributed by atoms with E-state index in [-0.39, 0.29) is 5.25 Å². The Morgan fingerprint density at radius 3 is 2.59 bits per heavy atom. The number of benzene rings is 2. The number of oxazole rings is 1. The molecule has 0 bridgehead atoms. The van der Waals surface area contributed by atoms with Crippen molar-refractivity contribution in [3.8, 4) is 5.75 Å². The van der Waals surface area contributed by atoms with E-state index in [1.165, 1.54) is 11.8 Å². The van der Waals surface area contributed by atoms with Crippen molar-refractivity contribution in [2.45, 2.75) is 30.8 Å². The van der Waals surface area contributed by atoms with Crippen LogP contribution in [0.5, 0.6) is 5.75 Å². The first-order valence-corrected chi connectivity index (χ1v) is 10.5. The van der Waals surface area contributed by atoms with Crippen molar-refractivity contribution >= 4 is 34.8 Å². The molecule has 1 N–H and O–H groups in total. The van der Waals surface area contributed by atoms with E-state index in [4.69, 9.17) is 9.15 Å². The van der Waals surface area contributed by atoms with Gasteiger partial charge in [0.05, 0.1) is 6.54 Å². The lowest BCUT2D eigenvalue weighted by atomic mass is 10.1. The molecular weight excluding hydrogens is 388 g/mol. The van der Waals surface area contributed by atoms with Gasteiger partial charge in [0, 0.05) is 7.05 Å². The summed E-state index contributed by atoms with van der Waals surface area (Å²) in [6.45, 7) is 5.13. The van der Waals surface area contributed by atoms with Gasteiger partial charge in [0.25, 0.3) is 6.01 Å². The van der Waals surface area contributed by atoms with Gasteiger partial charge in [-0.05, 0) is 41.5 Å². The van der Waals surface area contributed by atoms with Crippen LogP contribution in [0.25, 0.3) is 11.1 Å². The third-order valence-electron chi connectivity index (χ3n) is 4.36. The van der Waals surface area contributed by atoms with Gasteiger partial charge in [0.15, 0.2) is 5.58 Å². The van der Waals surface area contributed by atoms with Gasteiger partial charge in [-0.2, -0.15) is 4.98 Å². The summed E-state index contributed by atoms with van der Waals surface area (Å²) >= 11 is 1.47. The van der Waals surface area contributed by atoms with Crippen LogP contribution in [0.1, 0.15) is 19.4 Å². The molecular formula is C22H26N2O4S.